The van der Waals surface area contributed by atoms with Gasteiger partial charge >= 0.3 is 0 Å². The van der Waals surface area contributed by atoms with Crippen LogP contribution in [-0.2, 0) is 6.42 Å². The number of benzene rings is 1. The third-order valence-corrected chi connectivity index (χ3v) is 3.71. The Morgan fingerprint density at radius 3 is 2.47 bits per heavy atom. The van der Waals surface area contributed by atoms with Gasteiger partial charge in [-0.1, -0.05) is 32.0 Å². The van der Waals surface area contributed by atoms with E-state index in [1.807, 2.05) is 42.8 Å². The predicted molar refractivity (Wildman–Crippen MR) is 77.7 cm³/mol. The first-order valence-electron chi connectivity index (χ1n) is 6.92. The van der Waals surface area contributed by atoms with Gasteiger partial charge in [0.25, 0.3) is 0 Å². The van der Waals surface area contributed by atoms with Crippen LogP contribution in [0.2, 0.25) is 0 Å². The number of nitrogens with zero attached hydrogens (tertiary/aromatic N) is 2. The molecule has 2 rings (SSSR count). The highest BCUT2D eigenvalue weighted by molar-refractivity contribution is 5.44. The van der Waals surface area contributed by atoms with E-state index in [0.717, 1.165) is 29.1 Å². The summed E-state index contributed by atoms with van der Waals surface area (Å²) < 4.78 is 1.96. The van der Waals surface area contributed by atoms with E-state index in [1.54, 1.807) is 0 Å². The van der Waals surface area contributed by atoms with Crippen LogP contribution in [0.4, 0.5) is 0 Å². The Balaban J connectivity index is 2.59. The lowest BCUT2D eigenvalue weighted by Crippen LogP contribution is -2.07. The number of hydrogen-bond acceptors (Lipinski definition) is 2. The topological polar surface area (TPSA) is 38.0 Å². The van der Waals surface area contributed by atoms with Crippen molar-refractivity contribution in [3.8, 4) is 5.69 Å². The van der Waals surface area contributed by atoms with Crippen LogP contribution >= 0.6 is 0 Å². The highest BCUT2D eigenvalue weighted by Gasteiger charge is 2.16. The molecule has 0 aliphatic heterocycles. The van der Waals surface area contributed by atoms with Crippen molar-refractivity contribution in [2.24, 2.45) is 0 Å². The smallest absolute Gasteiger partial charge is 0.0808 e. The van der Waals surface area contributed by atoms with Crippen molar-refractivity contribution in [2.75, 3.05) is 0 Å². The van der Waals surface area contributed by atoms with E-state index in [1.165, 1.54) is 5.56 Å². The number of aliphatic hydroxyl groups is 1. The molecule has 0 amide bonds. The van der Waals surface area contributed by atoms with Crippen molar-refractivity contribution >= 4 is 0 Å². The summed E-state index contributed by atoms with van der Waals surface area (Å²) in [6.07, 6.45) is 1.25. The molecule has 102 valence electrons. The molecule has 1 aromatic heterocycles. The lowest BCUT2D eigenvalue weighted by molar-refractivity contribution is 0.173. The van der Waals surface area contributed by atoms with E-state index < -0.39 is 6.10 Å². The summed E-state index contributed by atoms with van der Waals surface area (Å²) in [7, 11) is 0. The molecular formula is C16H22N2O. The molecule has 0 saturated heterocycles. The lowest BCUT2D eigenvalue weighted by Gasteiger charge is -2.15. The highest BCUT2D eigenvalue weighted by Crippen LogP contribution is 2.26. The minimum Gasteiger partial charge on any atom is -0.388 e. The molecule has 1 aromatic carbocycles. The zero-order valence-electron chi connectivity index (χ0n) is 12.1. The molecule has 0 fully saturated rings. The van der Waals surface area contributed by atoms with Gasteiger partial charge in [-0.2, -0.15) is 5.10 Å². The maximum atomic E-state index is 10.2. The van der Waals surface area contributed by atoms with E-state index in [0.29, 0.717) is 6.42 Å². The van der Waals surface area contributed by atoms with Gasteiger partial charge in [-0.05, 0) is 38.3 Å². The molecule has 19 heavy (non-hydrogen) atoms. The summed E-state index contributed by atoms with van der Waals surface area (Å²) in [5.74, 6) is 0. The second kappa shape index (κ2) is 5.57. The van der Waals surface area contributed by atoms with Gasteiger partial charge in [0.1, 0.15) is 0 Å². The van der Waals surface area contributed by atoms with Crippen LogP contribution in [0.3, 0.4) is 0 Å². The number of aromatic nitrogens is 2. The van der Waals surface area contributed by atoms with Gasteiger partial charge in [0.05, 0.1) is 17.5 Å². The van der Waals surface area contributed by atoms with E-state index >= 15 is 0 Å². The second-order valence-corrected chi connectivity index (χ2v) is 4.90. The molecule has 0 aliphatic carbocycles. The zero-order chi connectivity index (χ0) is 14.0. The minimum absolute atomic E-state index is 0.440. The quantitative estimate of drug-likeness (QED) is 0.911. The third-order valence-electron chi connectivity index (χ3n) is 3.71. The summed E-state index contributed by atoms with van der Waals surface area (Å²) in [6, 6.07) is 7.95. The zero-order valence-corrected chi connectivity index (χ0v) is 12.1. The standard InChI is InChI=1S/C16H22N2O/c1-5-13-11(3)17-18(12(13)4)15-10-8-7-9-14(15)16(19)6-2/h7-10,16,19H,5-6H2,1-4H3. The number of aryl methyl sites for hydroxylation is 1. The molecule has 0 radical (unpaired) electrons. The minimum atomic E-state index is -0.440. The van der Waals surface area contributed by atoms with Crippen LogP contribution in [0.25, 0.3) is 5.69 Å². The average Bonchev–Trinajstić information content (AvgIpc) is 2.72. The second-order valence-electron chi connectivity index (χ2n) is 4.90. The molecule has 3 heteroatoms. The number of rotatable bonds is 4. The van der Waals surface area contributed by atoms with Crippen molar-refractivity contribution in [2.45, 2.75) is 46.6 Å². The molecule has 1 heterocycles. The van der Waals surface area contributed by atoms with Gasteiger partial charge < -0.3 is 5.11 Å². The largest absolute Gasteiger partial charge is 0.388 e. The summed E-state index contributed by atoms with van der Waals surface area (Å²) in [5.41, 5.74) is 5.45. The van der Waals surface area contributed by atoms with Gasteiger partial charge in [-0.3, -0.25) is 0 Å². The van der Waals surface area contributed by atoms with E-state index in [-0.39, 0.29) is 0 Å². The maximum Gasteiger partial charge on any atom is 0.0808 e. The van der Waals surface area contributed by atoms with Crippen LogP contribution in [-0.4, -0.2) is 14.9 Å². The Kier molecular flexibility index (Phi) is 4.05. The number of hydrogen-bond donors (Lipinski definition) is 1. The molecule has 0 aliphatic rings. The first-order chi connectivity index (χ1) is 9.10. The molecule has 1 atom stereocenters. The Bertz CT molecular complexity index is 572. The fourth-order valence-corrected chi connectivity index (χ4v) is 2.60. The number of aliphatic hydroxyl groups excluding tert-OH is 1. The number of para-hydroxylation sites is 1. The normalized spacial score (nSPS) is 12.7. The Morgan fingerprint density at radius 1 is 1.21 bits per heavy atom. The summed E-state index contributed by atoms with van der Waals surface area (Å²) in [6.45, 7) is 8.27. The lowest BCUT2D eigenvalue weighted by atomic mass is 10.0. The Morgan fingerprint density at radius 2 is 1.89 bits per heavy atom. The maximum absolute atomic E-state index is 10.2. The molecule has 0 spiro atoms. The first kappa shape index (κ1) is 13.8. The van der Waals surface area contributed by atoms with Crippen LogP contribution < -0.4 is 0 Å². The summed E-state index contributed by atoms with van der Waals surface area (Å²) >= 11 is 0. The summed E-state index contributed by atoms with van der Waals surface area (Å²) in [4.78, 5) is 0. The van der Waals surface area contributed by atoms with Crippen molar-refractivity contribution < 1.29 is 5.11 Å². The Labute approximate surface area is 114 Å². The van der Waals surface area contributed by atoms with Crippen LogP contribution in [0, 0.1) is 13.8 Å². The van der Waals surface area contributed by atoms with Crippen molar-refractivity contribution in [1.82, 2.24) is 9.78 Å². The fraction of sp³-hybridized carbons (Fsp3) is 0.438. The van der Waals surface area contributed by atoms with Crippen molar-refractivity contribution in [3.05, 3.63) is 46.8 Å². The molecule has 1 unspecified atom stereocenters. The monoisotopic (exact) mass is 258 g/mol. The Hall–Kier alpha value is -1.61. The van der Waals surface area contributed by atoms with Crippen molar-refractivity contribution in [1.29, 1.82) is 0 Å². The molecule has 2 aromatic rings. The van der Waals surface area contributed by atoms with E-state index in [2.05, 4.69) is 18.9 Å². The average molecular weight is 258 g/mol. The summed E-state index contributed by atoms with van der Waals surface area (Å²) in [5, 5.41) is 14.8. The van der Waals surface area contributed by atoms with Crippen molar-refractivity contribution in [3.63, 3.8) is 0 Å². The van der Waals surface area contributed by atoms with Crippen LogP contribution in [0.5, 0.6) is 0 Å². The molecule has 3 nitrogen and oxygen atoms in total. The SMILES string of the molecule is CCc1c(C)nn(-c2ccccc2C(O)CC)c1C. The van der Waals surface area contributed by atoms with Gasteiger partial charge in [-0.15, -0.1) is 0 Å². The van der Waals surface area contributed by atoms with E-state index in [9.17, 15) is 5.11 Å². The van der Waals surface area contributed by atoms with Gasteiger partial charge in [0.15, 0.2) is 0 Å². The van der Waals surface area contributed by atoms with Crippen LogP contribution in [0.15, 0.2) is 24.3 Å². The van der Waals surface area contributed by atoms with Gasteiger partial charge in [0, 0.05) is 11.3 Å². The molecular weight excluding hydrogens is 236 g/mol. The van der Waals surface area contributed by atoms with E-state index in [4.69, 9.17) is 0 Å². The fourth-order valence-electron chi connectivity index (χ4n) is 2.60. The van der Waals surface area contributed by atoms with Crippen LogP contribution in [0.1, 0.15) is 48.9 Å². The highest BCUT2D eigenvalue weighted by atomic mass is 16.3. The molecule has 0 saturated carbocycles. The molecule has 1 N–H and O–H groups in total. The predicted octanol–water partition coefficient (Wildman–Crippen LogP) is 3.49. The van der Waals surface area contributed by atoms with Gasteiger partial charge in [-0.25, -0.2) is 4.68 Å². The van der Waals surface area contributed by atoms with Gasteiger partial charge in [0.2, 0.25) is 0 Å². The molecule has 0 bridgehead atoms. The third kappa shape index (κ3) is 2.43. The first-order valence-corrected chi connectivity index (χ1v) is 6.92.